The van der Waals surface area contributed by atoms with E-state index in [1.165, 1.54) is 12.1 Å². The van der Waals surface area contributed by atoms with Crippen LogP contribution in [0.1, 0.15) is 5.56 Å². The lowest BCUT2D eigenvalue weighted by atomic mass is 10.2. The quantitative estimate of drug-likeness (QED) is 0.791. The monoisotopic (exact) mass is 237 g/mol. The van der Waals surface area contributed by atoms with Crippen LogP contribution in [-0.2, 0) is 0 Å². The van der Waals surface area contributed by atoms with E-state index >= 15 is 0 Å². The number of rotatable bonds is 3. The van der Waals surface area contributed by atoms with Gasteiger partial charge in [0.2, 0.25) is 0 Å². The molecule has 0 bridgehead atoms. The first-order valence-corrected chi connectivity index (χ1v) is 4.55. The standard InChI is InChI=1S/C10H11F4NO/c1-6-2-3-7(4-8(6)11)15-5-9(16)10(12,13)14/h2-4,9,15-16H,5H2,1H3. The molecule has 1 atom stereocenters. The highest BCUT2D eigenvalue weighted by atomic mass is 19.4. The number of hydrogen-bond acceptors (Lipinski definition) is 2. The van der Waals surface area contributed by atoms with Crippen molar-refractivity contribution in [3.8, 4) is 0 Å². The molecule has 0 aliphatic heterocycles. The molecule has 0 saturated heterocycles. The molecule has 0 spiro atoms. The van der Waals surface area contributed by atoms with Gasteiger partial charge in [0.15, 0.2) is 6.10 Å². The highest BCUT2D eigenvalue weighted by Gasteiger charge is 2.37. The zero-order chi connectivity index (χ0) is 12.3. The van der Waals surface area contributed by atoms with E-state index in [4.69, 9.17) is 5.11 Å². The van der Waals surface area contributed by atoms with Crippen LogP contribution in [0.15, 0.2) is 18.2 Å². The molecule has 0 aromatic heterocycles. The molecule has 2 N–H and O–H groups in total. The molecule has 1 rings (SSSR count). The molecule has 0 radical (unpaired) electrons. The third-order valence-corrected chi connectivity index (χ3v) is 2.05. The summed E-state index contributed by atoms with van der Waals surface area (Å²) in [5.41, 5.74) is 0.605. The summed E-state index contributed by atoms with van der Waals surface area (Å²) in [5, 5.41) is 11.0. The van der Waals surface area contributed by atoms with Crippen LogP contribution >= 0.6 is 0 Å². The van der Waals surface area contributed by atoms with E-state index in [1.807, 2.05) is 0 Å². The lowest BCUT2D eigenvalue weighted by Crippen LogP contribution is -2.35. The van der Waals surface area contributed by atoms with Crippen molar-refractivity contribution in [2.45, 2.75) is 19.2 Å². The minimum absolute atomic E-state index is 0.200. The van der Waals surface area contributed by atoms with Gasteiger partial charge in [0.25, 0.3) is 0 Å². The molecule has 1 aromatic rings. The molecule has 1 aromatic carbocycles. The van der Waals surface area contributed by atoms with Crippen LogP contribution in [0.5, 0.6) is 0 Å². The van der Waals surface area contributed by atoms with Gasteiger partial charge in [0.1, 0.15) is 5.82 Å². The second-order valence-electron chi connectivity index (χ2n) is 3.40. The maximum absolute atomic E-state index is 13.0. The molecule has 6 heteroatoms. The Hall–Kier alpha value is -1.30. The van der Waals surface area contributed by atoms with E-state index < -0.39 is 24.6 Å². The summed E-state index contributed by atoms with van der Waals surface area (Å²) in [4.78, 5) is 0. The molecule has 0 aliphatic carbocycles. The van der Waals surface area contributed by atoms with Gasteiger partial charge in [-0.25, -0.2) is 4.39 Å². The van der Waals surface area contributed by atoms with Crippen molar-refractivity contribution in [3.63, 3.8) is 0 Å². The Kier molecular flexibility index (Phi) is 3.74. The molecular formula is C10H11F4NO. The predicted octanol–water partition coefficient (Wildman–Crippen LogP) is 2.47. The van der Waals surface area contributed by atoms with Crippen LogP contribution in [0.4, 0.5) is 23.2 Å². The molecule has 0 heterocycles. The van der Waals surface area contributed by atoms with Crippen LogP contribution in [0, 0.1) is 12.7 Å². The van der Waals surface area contributed by atoms with Gasteiger partial charge in [0, 0.05) is 12.2 Å². The highest BCUT2D eigenvalue weighted by molar-refractivity contribution is 5.45. The summed E-state index contributed by atoms with van der Waals surface area (Å²) in [6, 6.07) is 3.97. The van der Waals surface area contributed by atoms with Gasteiger partial charge in [-0.05, 0) is 24.6 Å². The molecule has 16 heavy (non-hydrogen) atoms. The summed E-state index contributed by atoms with van der Waals surface area (Å²) < 4.78 is 48.8. The first kappa shape index (κ1) is 12.8. The Balaban J connectivity index is 2.58. The topological polar surface area (TPSA) is 32.3 Å². The number of hydrogen-bond donors (Lipinski definition) is 2. The number of aliphatic hydroxyl groups is 1. The summed E-state index contributed by atoms with van der Waals surface area (Å²) in [7, 11) is 0. The Morgan fingerprint density at radius 2 is 2.00 bits per heavy atom. The summed E-state index contributed by atoms with van der Waals surface area (Å²) in [6.45, 7) is 0.843. The van der Waals surface area contributed by atoms with Crippen molar-refractivity contribution in [2.24, 2.45) is 0 Å². The number of halogens is 4. The predicted molar refractivity (Wildman–Crippen MR) is 51.7 cm³/mol. The number of benzene rings is 1. The first-order chi connectivity index (χ1) is 7.30. The van der Waals surface area contributed by atoms with Crippen molar-refractivity contribution in [1.82, 2.24) is 0 Å². The Morgan fingerprint density at radius 1 is 1.38 bits per heavy atom. The number of anilines is 1. The normalized spacial score (nSPS) is 13.6. The fourth-order valence-electron chi connectivity index (χ4n) is 1.03. The Morgan fingerprint density at radius 3 is 2.50 bits per heavy atom. The van der Waals surface area contributed by atoms with Crippen LogP contribution in [0.3, 0.4) is 0 Å². The van der Waals surface area contributed by atoms with Crippen molar-refractivity contribution in [1.29, 1.82) is 0 Å². The van der Waals surface area contributed by atoms with E-state index in [0.717, 1.165) is 6.07 Å². The molecule has 0 fully saturated rings. The van der Waals surface area contributed by atoms with Crippen molar-refractivity contribution in [3.05, 3.63) is 29.6 Å². The minimum atomic E-state index is -4.67. The van der Waals surface area contributed by atoms with Crippen LogP contribution in [0.25, 0.3) is 0 Å². The summed E-state index contributed by atoms with van der Waals surface area (Å²) in [5.74, 6) is -0.508. The lowest BCUT2D eigenvalue weighted by molar-refractivity contribution is -0.198. The van der Waals surface area contributed by atoms with E-state index in [-0.39, 0.29) is 5.69 Å². The molecule has 0 aliphatic rings. The highest BCUT2D eigenvalue weighted by Crippen LogP contribution is 2.21. The van der Waals surface area contributed by atoms with Gasteiger partial charge in [-0.2, -0.15) is 13.2 Å². The summed E-state index contributed by atoms with van der Waals surface area (Å²) >= 11 is 0. The second-order valence-corrected chi connectivity index (χ2v) is 3.40. The van der Waals surface area contributed by atoms with E-state index in [2.05, 4.69) is 5.32 Å². The van der Waals surface area contributed by atoms with E-state index in [1.54, 1.807) is 6.92 Å². The first-order valence-electron chi connectivity index (χ1n) is 4.55. The molecule has 2 nitrogen and oxygen atoms in total. The van der Waals surface area contributed by atoms with Crippen LogP contribution in [-0.4, -0.2) is 23.9 Å². The van der Waals surface area contributed by atoms with Crippen molar-refractivity contribution < 1.29 is 22.7 Å². The largest absolute Gasteiger partial charge is 0.416 e. The fraction of sp³-hybridized carbons (Fsp3) is 0.400. The molecule has 0 amide bonds. The second kappa shape index (κ2) is 4.69. The Labute approximate surface area is 89.9 Å². The maximum Gasteiger partial charge on any atom is 0.416 e. The summed E-state index contributed by atoms with van der Waals surface area (Å²) in [6.07, 6.45) is -7.13. The number of nitrogens with one attached hydrogen (secondary N) is 1. The average molecular weight is 237 g/mol. The zero-order valence-corrected chi connectivity index (χ0v) is 8.48. The van der Waals surface area contributed by atoms with Gasteiger partial charge < -0.3 is 10.4 Å². The number of aryl methyl sites for hydroxylation is 1. The van der Waals surface area contributed by atoms with Crippen LogP contribution in [0.2, 0.25) is 0 Å². The van der Waals surface area contributed by atoms with Gasteiger partial charge in [-0.3, -0.25) is 0 Å². The van der Waals surface area contributed by atoms with Crippen molar-refractivity contribution in [2.75, 3.05) is 11.9 Å². The van der Waals surface area contributed by atoms with E-state index in [9.17, 15) is 17.6 Å². The van der Waals surface area contributed by atoms with E-state index in [0.29, 0.717) is 5.56 Å². The molecule has 1 unspecified atom stereocenters. The minimum Gasteiger partial charge on any atom is -0.382 e. The molecule has 90 valence electrons. The Bertz CT molecular complexity index is 364. The number of alkyl halides is 3. The van der Waals surface area contributed by atoms with Crippen LogP contribution < -0.4 is 5.32 Å². The maximum atomic E-state index is 13.0. The number of aliphatic hydroxyl groups excluding tert-OH is 1. The molecule has 0 saturated carbocycles. The van der Waals surface area contributed by atoms with Gasteiger partial charge in [-0.15, -0.1) is 0 Å². The molecular weight excluding hydrogens is 226 g/mol. The van der Waals surface area contributed by atoms with Gasteiger partial charge in [0.05, 0.1) is 0 Å². The SMILES string of the molecule is Cc1ccc(NCC(O)C(F)(F)F)cc1F. The fourth-order valence-corrected chi connectivity index (χ4v) is 1.03. The third kappa shape index (κ3) is 3.37. The third-order valence-electron chi connectivity index (χ3n) is 2.05. The zero-order valence-electron chi connectivity index (χ0n) is 8.48. The smallest absolute Gasteiger partial charge is 0.382 e. The van der Waals surface area contributed by atoms with Crippen molar-refractivity contribution >= 4 is 5.69 Å². The van der Waals surface area contributed by atoms with Gasteiger partial charge in [-0.1, -0.05) is 6.07 Å². The lowest BCUT2D eigenvalue weighted by Gasteiger charge is -2.15. The average Bonchev–Trinajstić information content (AvgIpc) is 2.18. The van der Waals surface area contributed by atoms with Gasteiger partial charge >= 0.3 is 6.18 Å².